The van der Waals surface area contributed by atoms with Crippen LogP contribution in [0.2, 0.25) is 18.1 Å². The number of hydrogen-bond acceptors (Lipinski definition) is 10. The number of ketones is 2. The zero-order valence-electron chi connectivity index (χ0n) is 32.7. The van der Waals surface area contributed by atoms with Gasteiger partial charge in [0.25, 0.3) is 5.88 Å². The van der Waals surface area contributed by atoms with Gasteiger partial charge in [0.1, 0.15) is 23.7 Å². The maximum Gasteiger partial charge on any atom is 0.265 e. The minimum absolute atomic E-state index is 0.0458. The number of aliphatic hydroxyl groups excluding tert-OH is 1. The summed E-state index contributed by atoms with van der Waals surface area (Å²) >= 11 is 0. The van der Waals surface area contributed by atoms with Crippen LogP contribution < -0.4 is 14.4 Å². The van der Waals surface area contributed by atoms with Gasteiger partial charge >= 0.3 is 0 Å². The molecule has 0 amide bonds. The fourth-order valence-electron chi connectivity index (χ4n) is 8.68. The van der Waals surface area contributed by atoms with Gasteiger partial charge in [-0.15, -0.1) is 0 Å². The first kappa shape index (κ1) is 36.9. The molecule has 53 heavy (non-hydrogen) atoms. The average Bonchev–Trinajstić information content (AvgIpc) is 3.51. The number of rotatable bonds is 8. The molecule has 4 aromatic rings. The monoisotopic (exact) mass is 737 g/mol. The molecule has 0 saturated carbocycles. The van der Waals surface area contributed by atoms with Crippen molar-refractivity contribution in [3.05, 3.63) is 93.4 Å². The zero-order valence-corrected chi connectivity index (χ0v) is 33.7. The molecular weight excluding hydrogens is 687 g/mol. The molecule has 11 heteroatoms. The average molecular weight is 738 g/mol. The number of fused-ring (bicyclic) bond motifs is 5. The highest BCUT2D eigenvalue weighted by Crippen LogP contribution is 2.60. The van der Waals surface area contributed by atoms with Gasteiger partial charge in [-0.25, -0.2) is 0 Å². The van der Waals surface area contributed by atoms with Gasteiger partial charge in [0.2, 0.25) is 5.78 Å². The zero-order chi connectivity index (χ0) is 38.4. The van der Waals surface area contributed by atoms with E-state index in [1.165, 1.54) is 0 Å². The van der Waals surface area contributed by atoms with Gasteiger partial charge in [0, 0.05) is 42.2 Å². The summed E-state index contributed by atoms with van der Waals surface area (Å²) in [5, 5.41) is 18.9. The Morgan fingerprint density at radius 1 is 1.02 bits per heavy atom. The number of ether oxygens (including phenoxy) is 2. The number of allylic oxidation sites excluding steroid dienone is 1. The second kappa shape index (κ2) is 12.8. The number of aliphatic hydroxyl groups is 1. The van der Waals surface area contributed by atoms with Crippen LogP contribution in [0, 0.1) is 18.8 Å². The first-order valence-corrected chi connectivity index (χ1v) is 21.2. The Morgan fingerprint density at radius 3 is 2.34 bits per heavy atom. The van der Waals surface area contributed by atoms with Crippen LogP contribution >= 0.6 is 0 Å². The van der Waals surface area contributed by atoms with E-state index >= 15 is 9.59 Å². The number of aromatic nitrogens is 1. The van der Waals surface area contributed by atoms with Crippen LogP contribution in [0.15, 0.2) is 64.4 Å². The summed E-state index contributed by atoms with van der Waals surface area (Å²) in [5.74, 6) is -0.920. The summed E-state index contributed by atoms with van der Waals surface area (Å²) in [6.07, 6.45) is 0.910. The molecule has 3 aromatic carbocycles. The van der Waals surface area contributed by atoms with E-state index < -0.39 is 31.7 Å². The Balaban J connectivity index is 1.48. The molecule has 0 radical (unpaired) electrons. The molecule has 3 aliphatic rings. The van der Waals surface area contributed by atoms with Crippen molar-refractivity contribution in [3.63, 3.8) is 0 Å². The Morgan fingerprint density at radius 2 is 1.72 bits per heavy atom. The van der Waals surface area contributed by atoms with E-state index in [0.717, 1.165) is 33.2 Å². The van der Waals surface area contributed by atoms with E-state index in [1.807, 2.05) is 88.5 Å². The number of carbonyl (C=O) groups is 2. The predicted molar refractivity (Wildman–Crippen MR) is 208 cm³/mol. The number of hydrogen-bond donors (Lipinski definition) is 1. The van der Waals surface area contributed by atoms with E-state index in [2.05, 4.69) is 43.9 Å². The maximum absolute atomic E-state index is 15.5. The molecule has 10 nitrogen and oxygen atoms in total. The molecule has 0 saturated heterocycles. The van der Waals surface area contributed by atoms with Gasteiger partial charge in [-0.1, -0.05) is 51.1 Å². The molecule has 0 aliphatic heterocycles. The first-order valence-electron chi connectivity index (χ1n) is 18.3. The highest BCUT2D eigenvalue weighted by atomic mass is 28.4. The quantitative estimate of drug-likeness (QED) is 0.177. The molecule has 0 fully saturated rings. The molecule has 1 heterocycles. The van der Waals surface area contributed by atoms with E-state index in [1.54, 1.807) is 7.11 Å². The van der Waals surface area contributed by atoms with Crippen LogP contribution in [0.3, 0.4) is 0 Å². The minimum Gasteiger partial charge on any atom is -0.508 e. The predicted octanol–water partition coefficient (Wildman–Crippen LogP) is 8.24. The maximum atomic E-state index is 15.5. The lowest BCUT2D eigenvalue weighted by molar-refractivity contribution is -0.0480. The third kappa shape index (κ3) is 5.53. The van der Waals surface area contributed by atoms with Crippen LogP contribution in [0.1, 0.15) is 76.4 Å². The lowest BCUT2D eigenvalue weighted by Gasteiger charge is -2.55. The number of carbonyl (C=O) groups excluding carboxylic acids is 2. The molecule has 0 bridgehead atoms. The van der Waals surface area contributed by atoms with E-state index in [-0.39, 0.29) is 46.1 Å². The first-order chi connectivity index (χ1) is 24.9. The van der Waals surface area contributed by atoms with Gasteiger partial charge in [0.05, 0.1) is 13.2 Å². The van der Waals surface area contributed by atoms with Crippen LogP contribution in [0.25, 0.3) is 10.8 Å². The lowest BCUT2D eigenvalue weighted by Crippen LogP contribution is -2.65. The fraction of sp³-hybridized carbons (Fsp3) is 0.452. The number of methoxy groups -OCH3 is 1. The molecule has 3 aliphatic carbocycles. The van der Waals surface area contributed by atoms with Gasteiger partial charge in [-0.3, -0.25) is 14.5 Å². The van der Waals surface area contributed by atoms with Crippen molar-refractivity contribution in [3.8, 4) is 11.6 Å². The van der Waals surface area contributed by atoms with Gasteiger partial charge in [-0.2, -0.15) is 0 Å². The third-order valence-electron chi connectivity index (χ3n) is 12.2. The Kier molecular flexibility index (Phi) is 8.94. The van der Waals surface area contributed by atoms with Gasteiger partial charge in [-0.05, 0) is 103 Å². The van der Waals surface area contributed by atoms with E-state index in [9.17, 15) is 5.11 Å². The Labute approximate surface area is 312 Å². The van der Waals surface area contributed by atoms with Gasteiger partial charge in [0.15, 0.2) is 25.5 Å². The summed E-state index contributed by atoms with van der Waals surface area (Å²) in [6.45, 7) is 12.6. The van der Waals surface area contributed by atoms with Crippen LogP contribution in [0.4, 0.5) is 5.69 Å². The molecule has 4 atom stereocenters. The number of anilines is 1. The normalized spacial score (nSPS) is 22.8. The van der Waals surface area contributed by atoms with Crippen LogP contribution in [-0.4, -0.2) is 75.9 Å². The molecule has 1 N–H and O–H groups in total. The van der Waals surface area contributed by atoms with Crippen LogP contribution in [0.5, 0.6) is 11.6 Å². The number of benzene rings is 3. The largest absolute Gasteiger partial charge is 0.508 e. The van der Waals surface area contributed by atoms with Crippen molar-refractivity contribution >= 4 is 36.3 Å². The Bertz CT molecular complexity index is 2160. The number of nitrogens with zero attached hydrogens (tertiary/aromatic N) is 3. The fourth-order valence-corrected chi connectivity index (χ4v) is 10.1. The molecule has 280 valence electrons. The van der Waals surface area contributed by atoms with E-state index in [4.69, 9.17) is 18.4 Å². The highest BCUT2D eigenvalue weighted by molar-refractivity contribution is 6.74. The Hall–Kier alpha value is -4.45. The number of Topliss-reactive ketones (excluding diaryl/α,β-unsaturated/α-hetero) is 2. The summed E-state index contributed by atoms with van der Waals surface area (Å²) in [6, 6.07) is 15.1. The molecular formula is C42H51N3O7Si. The van der Waals surface area contributed by atoms with Crippen molar-refractivity contribution in [2.24, 2.45) is 11.8 Å². The molecule has 0 unspecified atom stereocenters. The van der Waals surface area contributed by atoms with E-state index in [0.29, 0.717) is 29.9 Å². The van der Waals surface area contributed by atoms with Crippen molar-refractivity contribution in [1.29, 1.82) is 0 Å². The highest BCUT2D eigenvalue weighted by Gasteiger charge is 2.67. The summed E-state index contributed by atoms with van der Waals surface area (Å²) < 4.78 is 25.1. The van der Waals surface area contributed by atoms with Crippen molar-refractivity contribution in [2.75, 3.05) is 40.2 Å². The van der Waals surface area contributed by atoms with Crippen molar-refractivity contribution in [2.45, 2.75) is 76.9 Å². The molecule has 0 spiro atoms. The van der Waals surface area contributed by atoms with Crippen molar-refractivity contribution in [1.82, 2.24) is 10.1 Å². The second-order valence-corrected chi connectivity index (χ2v) is 21.5. The smallest absolute Gasteiger partial charge is 0.265 e. The summed E-state index contributed by atoms with van der Waals surface area (Å²) in [5.41, 5.74) is 2.69. The topological polar surface area (TPSA) is 115 Å². The third-order valence-corrected chi connectivity index (χ3v) is 16.6. The van der Waals surface area contributed by atoms with Gasteiger partial charge < -0.3 is 28.4 Å². The van der Waals surface area contributed by atoms with Crippen molar-refractivity contribution < 1.29 is 33.1 Å². The standard InChI is InChI=1S/C42H51N3O7Si/c1-23-28-21-26(49-9)17-18-27(28)34(44(5)6)29-19-25-20-30-35(45(7)8)37-33(40(43-51-37)50-22-24-15-13-12-14-16-24)39(48)42(30,52-53(10,11)41(2,3)4)38(47)32(25)36(46)31(23)29/h12-18,21,25,30,35,47H,19-20,22H2,1-11H3/t25-,30-,35-,42-/m0/s1. The summed E-state index contributed by atoms with van der Waals surface area (Å²) in [4.78, 5) is 34.8. The summed E-state index contributed by atoms with van der Waals surface area (Å²) in [7, 11) is 6.63. The minimum atomic E-state index is -2.84. The SMILES string of the molecule is COc1ccc2c(N(C)C)c3c(c(C)c2c1)C(=O)C1=C(O)[C@]2(O[Si](C)(C)C(C)(C)C)C(=O)c4c(OCc5ccccc5)noc4[C@@H](N(C)C)[C@@H]2C[C@@H]1C3. The number of aryl methyl sites for hydroxylation is 1. The second-order valence-electron chi connectivity index (χ2n) is 16.8. The molecule has 7 rings (SSSR count). The lowest BCUT2D eigenvalue weighted by atomic mass is 9.58. The van der Waals surface area contributed by atoms with Crippen LogP contribution in [-0.2, 0) is 17.5 Å². The molecule has 1 aromatic heterocycles.